The minimum atomic E-state index is -0.507. The molecule has 4 rings (SSSR count). The molecule has 10 nitrogen and oxygen atoms in total. The summed E-state index contributed by atoms with van der Waals surface area (Å²) in [6.07, 6.45) is 4.58. The van der Waals surface area contributed by atoms with Crippen molar-refractivity contribution in [2.75, 3.05) is 19.0 Å². The van der Waals surface area contributed by atoms with Gasteiger partial charge in [0.1, 0.15) is 10.8 Å². The zero-order valence-electron chi connectivity index (χ0n) is 23.2. The van der Waals surface area contributed by atoms with E-state index in [0.717, 1.165) is 42.5 Å². The van der Waals surface area contributed by atoms with Crippen molar-refractivity contribution < 1.29 is 23.9 Å². The number of fused-ring (bicyclic) bond motifs is 1. The molecule has 0 spiro atoms. The van der Waals surface area contributed by atoms with Crippen molar-refractivity contribution in [3.63, 3.8) is 0 Å². The number of esters is 1. The second-order valence-corrected chi connectivity index (χ2v) is 11.7. The van der Waals surface area contributed by atoms with Crippen LogP contribution in [0.4, 0.5) is 5.00 Å². The maximum Gasteiger partial charge on any atom is 0.341 e. The maximum absolute atomic E-state index is 13.2. The SMILES string of the molecule is CCCCn1c(CNC(=O)c2ccccc2OC)nnc1S[C@H](C)C(=O)Nc1sc2c(c1C(=O)OCC)CCC2. The number of thiophene rings is 1. The van der Waals surface area contributed by atoms with E-state index in [0.29, 0.717) is 39.4 Å². The van der Waals surface area contributed by atoms with Gasteiger partial charge in [0.05, 0.1) is 36.6 Å². The third kappa shape index (κ3) is 6.67. The van der Waals surface area contributed by atoms with Crippen molar-refractivity contribution in [3.05, 3.63) is 51.7 Å². The summed E-state index contributed by atoms with van der Waals surface area (Å²) in [6.45, 7) is 6.78. The number of benzene rings is 1. The molecule has 2 N–H and O–H groups in total. The lowest BCUT2D eigenvalue weighted by Crippen LogP contribution is -2.26. The molecule has 0 fully saturated rings. The zero-order chi connectivity index (χ0) is 28.6. The third-order valence-corrected chi connectivity index (χ3v) is 8.86. The number of nitrogens with one attached hydrogen (secondary N) is 2. The highest BCUT2D eigenvalue weighted by Crippen LogP contribution is 2.40. The van der Waals surface area contributed by atoms with Gasteiger partial charge in [-0.2, -0.15) is 0 Å². The van der Waals surface area contributed by atoms with E-state index in [9.17, 15) is 14.4 Å². The molecule has 2 heterocycles. The van der Waals surface area contributed by atoms with Crippen molar-refractivity contribution in [2.45, 2.75) is 76.4 Å². The number of rotatable bonds is 13. The van der Waals surface area contributed by atoms with Crippen molar-refractivity contribution in [1.82, 2.24) is 20.1 Å². The summed E-state index contributed by atoms with van der Waals surface area (Å²) >= 11 is 2.75. The molecular weight excluding hydrogens is 550 g/mol. The van der Waals surface area contributed by atoms with E-state index in [4.69, 9.17) is 9.47 Å². The van der Waals surface area contributed by atoms with Gasteiger partial charge in [0.15, 0.2) is 11.0 Å². The Bertz CT molecular complexity index is 1370. The first-order valence-electron chi connectivity index (χ1n) is 13.5. The van der Waals surface area contributed by atoms with Gasteiger partial charge in [-0.05, 0) is 57.2 Å². The van der Waals surface area contributed by atoms with Crippen LogP contribution in [0.5, 0.6) is 5.75 Å². The molecule has 1 atom stereocenters. The fraction of sp³-hybridized carbons (Fsp3) is 0.464. The van der Waals surface area contributed by atoms with Crippen LogP contribution in [0.1, 0.15) is 77.0 Å². The fourth-order valence-electron chi connectivity index (χ4n) is 4.50. The highest BCUT2D eigenvalue weighted by molar-refractivity contribution is 8.00. The molecule has 0 saturated heterocycles. The van der Waals surface area contributed by atoms with Crippen LogP contribution >= 0.6 is 23.1 Å². The summed E-state index contributed by atoms with van der Waals surface area (Å²) in [5, 5.41) is 15.2. The number of carbonyl (C=O) groups is 3. The Morgan fingerprint density at radius 1 is 1.18 bits per heavy atom. The number of methoxy groups -OCH3 is 1. The van der Waals surface area contributed by atoms with Gasteiger partial charge in [-0.1, -0.05) is 37.2 Å². The van der Waals surface area contributed by atoms with Crippen LogP contribution in [0.25, 0.3) is 0 Å². The Hall–Kier alpha value is -3.38. The van der Waals surface area contributed by atoms with Crippen LogP contribution in [0.3, 0.4) is 0 Å². The molecule has 1 aliphatic rings. The Kier molecular flexibility index (Phi) is 10.2. The number of hydrogen-bond donors (Lipinski definition) is 2. The molecule has 3 aromatic rings. The van der Waals surface area contributed by atoms with Gasteiger partial charge >= 0.3 is 5.97 Å². The van der Waals surface area contributed by atoms with Crippen LogP contribution in [0, 0.1) is 0 Å². The smallest absolute Gasteiger partial charge is 0.341 e. The molecule has 2 amide bonds. The number of para-hydroxylation sites is 1. The van der Waals surface area contributed by atoms with Gasteiger partial charge < -0.3 is 24.7 Å². The average molecular weight is 586 g/mol. The first-order chi connectivity index (χ1) is 19.4. The fourth-order valence-corrected chi connectivity index (χ4v) is 6.68. The number of ether oxygens (including phenoxy) is 2. The van der Waals surface area contributed by atoms with Gasteiger partial charge in [0.2, 0.25) is 5.91 Å². The number of unbranched alkanes of at least 4 members (excludes halogenated alkanes) is 1. The quantitative estimate of drug-likeness (QED) is 0.215. The summed E-state index contributed by atoms with van der Waals surface area (Å²) in [7, 11) is 1.53. The van der Waals surface area contributed by atoms with Crippen molar-refractivity contribution >= 4 is 45.9 Å². The van der Waals surface area contributed by atoms with Crippen molar-refractivity contribution in [3.8, 4) is 5.75 Å². The predicted octanol–water partition coefficient (Wildman–Crippen LogP) is 4.86. The van der Waals surface area contributed by atoms with E-state index in [1.165, 1.54) is 30.2 Å². The zero-order valence-corrected chi connectivity index (χ0v) is 24.9. The number of anilines is 1. The number of aryl methyl sites for hydroxylation is 1. The average Bonchev–Trinajstić information content (AvgIpc) is 3.65. The lowest BCUT2D eigenvalue weighted by molar-refractivity contribution is -0.115. The van der Waals surface area contributed by atoms with Crippen LogP contribution in [-0.2, 0) is 35.5 Å². The predicted molar refractivity (Wildman–Crippen MR) is 155 cm³/mol. The molecule has 0 aliphatic heterocycles. The molecule has 0 saturated carbocycles. The normalized spacial score (nSPS) is 13.0. The first-order valence-corrected chi connectivity index (χ1v) is 15.2. The lowest BCUT2D eigenvalue weighted by atomic mass is 10.1. The first kappa shape index (κ1) is 29.6. The molecule has 2 aromatic heterocycles. The second-order valence-electron chi connectivity index (χ2n) is 9.32. The van der Waals surface area contributed by atoms with Crippen LogP contribution in [0.2, 0.25) is 0 Å². The molecule has 12 heteroatoms. The van der Waals surface area contributed by atoms with E-state index >= 15 is 0 Å². The molecule has 40 heavy (non-hydrogen) atoms. The molecule has 214 valence electrons. The number of aromatic nitrogens is 3. The summed E-state index contributed by atoms with van der Waals surface area (Å²) in [5.41, 5.74) is 1.92. The van der Waals surface area contributed by atoms with Gasteiger partial charge in [0, 0.05) is 11.4 Å². The van der Waals surface area contributed by atoms with Crippen molar-refractivity contribution in [2.24, 2.45) is 0 Å². The Balaban J connectivity index is 1.46. The van der Waals surface area contributed by atoms with E-state index in [1.54, 1.807) is 38.1 Å². The van der Waals surface area contributed by atoms with Crippen LogP contribution in [-0.4, -0.2) is 51.5 Å². The number of carbonyl (C=O) groups excluding carboxylic acids is 3. The summed E-state index contributed by atoms with van der Waals surface area (Å²) in [6, 6.07) is 7.02. The Morgan fingerprint density at radius 2 is 1.98 bits per heavy atom. The summed E-state index contributed by atoms with van der Waals surface area (Å²) in [5.74, 6) is 0.199. The molecule has 0 radical (unpaired) electrons. The molecular formula is C28H35N5O5S2. The Morgan fingerprint density at radius 3 is 2.73 bits per heavy atom. The monoisotopic (exact) mass is 585 g/mol. The summed E-state index contributed by atoms with van der Waals surface area (Å²) < 4.78 is 12.5. The van der Waals surface area contributed by atoms with E-state index in [2.05, 4.69) is 27.8 Å². The number of nitrogens with zero attached hydrogens (tertiary/aromatic N) is 3. The van der Waals surface area contributed by atoms with Crippen molar-refractivity contribution in [1.29, 1.82) is 0 Å². The highest BCUT2D eigenvalue weighted by Gasteiger charge is 2.30. The Labute approximate surface area is 242 Å². The minimum Gasteiger partial charge on any atom is -0.496 e. The maximum atomic E-state index is 13.2. The van der Waals surface area contributed by atoms with Gasteiger partial charge in [-0.15, -0.1) is 21.5 Å². The van der Waals surface area contributed by atoms with Crippen LogP contribution in [0.15, 0.2) is 29.4 Å². The van der Waals surface area contributed by atoms with Gasteiger partial charge in [-0.25, -0.2) is 4.79 Å². The largest absolute Gasteiger partial charge is 0.496 e. The minimum absolute atomic E-state index is 0.179. The molecule has 0 bridgehead atoms. The molecule has 1 aromatic carbocycles. The van der Waals surface area contributed by atoms with E-state index < -0.39 is 11.2 Å². The topological polar surface area (TPSA) is 124 Å². The van der Waals surface area contributed by atoms with E-state index in [-0.39, 0.29) is 25.0 Å². The highest BCUT2D eigenvalue weighted by atomic mass is 32.2. The number of hydrogen-bond acceptors (Lipinski definition) is 9. The molecule has 1 aliphatic carbocycles. The number of thioether (sulfide) groups is 1. The number of amides is 2. The molecule has 0 unspecified atom stereocenters. The van der Waals surface area contributed by atoms with Crippen LogP contribution < -0.4 is 15.4 Å². The third-order valence-electron chi connectivity index (χ3n) is 6.58. The second kappa shape index (κ2) is 13.8. The summed E-state index contributed by atoms with van der Waals surface area (Å²) in [4.78, 5) is 39.9. The van der Waals surface area contributed by atoms with E-state index in [1.807, 2.05) is 4.57 Å². The van der Waals surface area contributed by atoms with Gasteiger partial charge in [-0.3, -0.25) is 9.59 Å². The lowest BCUT2D eigenvalue weighted by Gasteiger charge is -2.14. The van der Waals surface area contributed by atoms with Gasteiger partial charge in [0.25, 0.3) is 5.91 Å². The standard InChI is InChI=1S/C28H35N5O5S2/c1-5-7-15-33-22(16-29-25(35)18-11-8-9-13-20(18)37-4)31-32-28(33)39-17(3)24(34)30-26-23(27(36)38-6-2)19-12-10-14-21(19)40-26/h8-9,11,13,17H,5-7,10,12,14-16H2,1-4H3,(H,29,35)(H,30,34)/t17-/m1/s1.